The van der Waals surface area contributed by atoms with Gasteiger partial charge in [-0.15, -0.1) is 0 Å². The Morgan fingerprint density at radius 2 is 1.80 bits per heavy atom. The van der Waals surface area contributed by atoms with Gasteiger partial charge in [0.05, 0.1) is 5.92 Å². The SMILES string of the molecule is CC1CN(C)CCCN1C(=O)N1CCC(C(=O)O)C1C. The molecule has 0 bridgehead atoms. The lowest BCUT2D eigenvalue weighted by molar-refractivity contribution is -0.142. The second kappa shape index (κ2) is 5.99. The van der Waals surface area contributed by atoms with E-state index in [1.54, 1.807) is 4.90 Å². The highest BCUT2D eigenvalue weighted by molar-refractivity contribution is 5.78. The van der Waals surface area contributed by atoms with Crippen LogP contribution in [-0.4, -0.2) is 77.1 Å². The van der Waals surface area contributed by atoms with Crippen LogP contribution in [0.2, 0.25) is 0 Å². The van der Waals surface area contributed by atoms with E-state index in [-0.39, 0.29) is 18.1 Å². The molecule has 2 rings (SSSR count). The summed E-state index contributed by atoms with van der Waals surface area (Å²) in [5, 5.41) is 9.17. The number of carbonyl (C=O) groups excluding carboxylic acids is 1. The molecule has 2 aliphatic heterocycles. The maximum absolute atomic E-state index is 12.7. The number of carboxylic acid groups (broad SMARTS) is 1. The molecular weight excluding hydrogens is 258 g/mol. The van der Waals surface area contributed by atoms with E-state index in [1.807, 2.05) is 11.8 Å². The lowest BCUT2D eigenvalue weighted by Crippen LogP contribution is -2.50. The Bertz CT molecular complexity index is 388. The molecule has 0 spiro atoms. The van der Waals surface area contributed by atoms with Crippen LogP contribution in [0.3, 0.4) is 0 Å². The molecule has 20 heavy (non-hydrogen) atoms. The van der Waals surface area contributed by atoms with E-state index in [0.717, 1.165) is 26.1 Å². The Morgan fingerprint density at radius 1 is 1.10 bits per heavy atom. The summed E-state index contributed by atoms with van der Waals surface area (Å²) in [4.78, 5) is 29.7. The Balaban J connectivity index is 2.05. The van der Waals surface area contributed by atoms with Crippen LogP contribution in [-0.2, 0) is 4.79 Å². The number of nitrogens with zero attached hydrogens (tertiary/aromatic N) is 3. The second-order valence-corrected chi connectivity index (χ2v) is 6.11. The van der Waals surface area contributed by atoms with Crippen LogP contribution in [0.25, 0.3) is 0 Å². The molecule has 0 saturated carbocycles. The van der Waals surface area contributed by atoms with Crippen molar-refractivity contribution in [1.82, 2.24) is 14.7 Å². The third-order valence-corrected chi connectivity index (χ3v) is 4.61. The van der Waals surface area contributed by atoms with Crippen molar-refractivity contribution in [2.45, 2.75) is 38.8 Å². The molecule has 6 heteroatoms. The average Bonchev–Trinajstić information content (AvgIpc) is 2.66. The van der Waals surface area contributed by atoms with Crippen molar-refractivity contribution in [3.8, 4) is 0 Å². The van der Waals surface area contributed by atoms with Crippen molar-refractivity contribution in [1.29, 1.82) is 0 Å². The molecule has 114 valence electrons. The number of amides is 2. The fourth-order valence-electron chi connectivity index (χ4n) is 3.36. The van der Waals surface area contributed by atoms with E-state index in [0.29, 0.717) is 13.0 Å². The van der Waals surface area contributed by atoms with Crippen molar-refractivity contribution in [2.75, 3.05) is 33.2 Å². The fraction of sp³-hybridized carbons (Fsp3) is 0.857. The van der Waals surface area contributed by atoms with Gasteiger partial charge in [-0.1, -0.05) is 0 Å². The number of carbonyl (C=O) groups is 2. The predicted molar refractivity (Wildman–Crippen MR) is 75.6 cm³/mol. The smallest absolute Gasteiger partial charge is 0.320 e. The van der Waals surface area contributed by atoms with E-state index in [9.17, 15) is 9.59 Å². The largest absolute Gasteiger partial charge is 0.481 e. The van der Waals surface area contributed by atoms with Gasteiger partial charge in [-0.05, 0) is 40.3 Å². The minimum Gasteiger partial charge on any atom is -0.481 e. The highest BCUT2D eigenvalue weighted by Crippen LogP contribution is 2.26. The molecule has 0 aromatic carbocycles. The summed E-state index contributed by atoms with van der Waals surface area (Å²) in [7, 11) is 2.07. The van der Waals surface area contributed by atoms with Crippen LogP contribution < -0.4 is 0 Å². The Hall–Kier alpha value is -1.30. The standard InChI is InChI=1S/C14H25N3O3/c1-10-9-15(3)6-4-7-16(10)14(20)17-8-5-12(11(17)2)13(18)19/h10-12H,4-9H2,1-3H3,(H,18,19). The van der Waals surface area contributed by atoms with E-state index in [2.05, 4.69) is 18.9 Å². The summed E-state index contributed by atoms with van der Waals surface area (Å²) in [6.45, 7) is 7.09. The van der Waals surface area contributed by atoms with Crippen molar-refractivity contribution in [3.05, 3.63) is 0 Å². The number of likely N-dealkylation sites (N-methyl/N-ethyl adjacent to an activating group) is 1. The quantitative estimate of drug-likeness (QED) is 0.777. The number of urea groups is 1. The normalized spacial score (nSPS) is 32.2. The summed E-state index contributed by atoms with van der Waals surface area (Å²) in [5.41, 5.74) is 0. The maximum atomic E-state index is 12.7. The van der Waals surface area contributed by atoms with Crippen LogP contribution in [0.5, 0.6) is 0 Å². The van der Waals surface area contributed by atoms with Crippen molar-refractivity contribution in [2.24, 2.45) is 5.92 Å². The lowest BCUT2D eigenvalue weighted by Gasteiger charge is -2.34. The third-order valence-electron chi connectivity index (χ3n) is 4.61. The molecule has 0 aromatic rings. The molecule has 1 N–H and O–H groups in total. The first-order valence-corrected chi connectivity index (χ1v) is 7.40. The molecule has 3 unspecified atom stereocenters. The van der Waals surface area contributed by atoms with Gasteiger partial charge in [0.1, 0.15) is 0 Å². The van der Waals surface area contributed by atoms with Gasteiger partial charge in [0.15, 0.2) is 0 Å². The second-order valence-electron chi connectivity index (χ2n) is 6.11. The van der Waals surface area contributed by atoms with E-state index < -0.39 is 11.9 Å². The van der Waals surface area contributed by atoms with Gasteiger partial charge in [-0.25, -0.2) is 4.79 Å². The van der Waals surface area contributed by atoms with E-state index in [4.69, 9.17) is 5.11 Å². The third kappa shape index (κ3) is 2.90. The Kier molecular flexibility index (Phi) is 4.52. The van der Waals surface area contributed by atoms with Gasteiger partial charge < -0.3 is 19.8 Å². The summed E-state index contributed by atoms with van der Waals surface area (Å²) in [5.74, 6) is -1.22. The average molecular weight is 283 g/mol. The van der Waals surface area contributed by atoms with Crippen LogP contribution in [0.4, 0.5) is 4.79 Å². The predicted octanol–water partition coefficient (Wildman–Crippen LogP) is 0.927. The highest BCUT2D eigenvalue weighted by atomic mass is 16.4. The highest BCUT2D eigenvalue weighted by Gasteiger charge is 2.40. The number of hydrogen-bond donors (Lipinski definition) is 1. The zero-order valence-electron chi connectivity index (χ0n) is 12.6. The first kappa shape index (κ1) is 15.1. The molecule has 0 aromatic heterocycles. The fourth-order valence-corrected chi connectivity index (χ4v) is 3.36. The molecule has 0 radical (unpaired) electrons. The minimum absolute atomic E-state index is 0.00375. The monoisotopic (exact) mass is 283 g/mol. The van der Waals surface area contributed by atoms with Crippen LogP contribution in [0, 0.1) is 5.92 Å². The Morgan fingerprint density at radius 3 is 2.40 bits per heavy atom. The first-order valence-electron chi connectivity index (χ1n) is 7.40. The maximum Gasteiger partial charge on any atom is 0.320 e. The molecule has 2 amide bonds. The Labute approximate surface area is 120 Å². The lowest BCUT2D eigenvalue weighted by atomic mass is 10.0. The van der Waals surface area contributed by atoms with Crippen LogP contribution in [0.1, 0.15) is 26.7 Å². The molecule has 2 saturated heterocycles. The first-order chi connectivity index (χ1) is 9.41. The van der Waals surface area contributed by atoms with Crippen LogP contribution in [0.15, 0.2) is 0 Å². The summed E-state index contributed by atoms with van der Waals surface area (Å²) >= 11 is 0. The topological polar surface area (TPSA) is 64.1 Å². The van der Waals surface area contributed by atoms with Crippen molar-refractivity contribution < 1.29 is 14.7 Å². The molecule has 2 aliphatic rings. The van der Waals surface area contributed by atoms with Gasteiger partial charge in [-0.2, -0.15) is 0 Å². The number of rotatable bonds is 1. The van der Waals surface area contributed by atoms with E-state index in [1.165, 1.54) is 0 Å². The van der Waals surface area contributed by atoms with Gasteiger partial charge in [-0.3, -0.25) is 4.79 Å². The van der Waals surface area contributed by atoms with Crippen LogP contribution >= 0.6 is 0 Å². The number of aliphatic carboxylic acids is 1. The number of hydrogen-bond acceptors (Lipinski definition) is 3. The summed E-state index contributed by atoms with van der Waals surface area (Å²) in [6, 6.07) is -0.0386. The van der Waals surface area contributed by atoms with Crippen molar-refractivity contribution in [3.63, 3.8) is 0 Å². The molecular formula is C14H25N3O3. The van der Waals surface area contributed by atoms with Gasteiger partial charge in [0.2, 0.25) is 0 Å². The zero-order valence-corrected chi connectivity index (χ0v) is 12.6. The number of carboxylic acids is 1. The molecule has 3 atom stereocenters. The van der Waals surface area contributed by atoms with Gasteiger partial charge in [0.25, 0.3) is 0 Å². The molecule has 0 aliphatic carbocycles. The van der Waals surface area contributed by atoms with Gasteiger partial charge in [0, 0.05) is 31.7 Å². The summed E-state index contributed by atoms with van der Waals surface area (Å²) < 4.78 is 0. The minimum atomic E-state index is -0.795. The van der Waals surface area contributed by atoms with E-state index >= 15 is 0 Å². The number of likely N-dealkylation sites (tertiary alicyclic amines) is 1. The van der Waals surface area contributed by atoms with Gasteiger partial charge >= 0.3 is 12.0 Å². The molecule has 2 fully saturated rings. The zero-order chi connectivity index (χ0) is 14.9. The molecule has 6 nitrogen and oxygen atoms in total. The molecule has 2 heterocycles. The van der Waals surface area contributed by atoms with Crippen molar-refractivity contribution >= 4 is 12.0 Å². The summed E-state index contributed by atoms with van der Waals surface area (Å²) in [6.07, 6.45) is 1.53.